The molecule has 3 fully saturated rings. The standard InChI is InChI=1S/C17H30N2O2/c1-13(2)16(21)18-8-6-17(7-9-18)12-19(10-14(17)11-20)15-4-3-5-15/h13-15,20H,3-12H2,1-2H3. The molecule has 1 atom stereocenters. The highest BCUT2D eigenvalue weighted by Gasteiger charge is 2.49. The van der Waals surface area contributed by atoms with Gasteiger partial charge < -0.3 is 10.0 Å². The number of piperidine rings is 1. The zero-order valence-corrected chi connectivity index (χ0v) is 13.6. The molecule has 1 saturated carbocycles. The van der Waals surface area contributed by atoms with Crippen molar-refractivity contribution in [3.8, 4) is 0 Å². The van der Waals surface area contributed by atoms with Crippen LogP contribution in [0.3, 0.4) is 0 Å². The number of rotatable bonds is 3. The second kappa shape index (κ2) is 5.88. The first-order valence-corrected chi connectivity index (χ1v) is 8.69. The van der Waals surface area contributed by atoms with Gasteiger partial charge in [-0.1, -0.05) is 20.3 Å². The molecule has 21 heavy (non-hydrogen) atoms. The first-order chi connectivity index (χ1) is 10.1. The molecule has 4 nitrogen and oxygen atoms in total. The first kappa shape index (κ1) is 15.3. The molecule has 1 aliphatic carbocycles. The first-order valence-electron chi connectivity index (χ1n) is 8.69. The zero-order chi connectivity index (χ0) is 15.0. The van der Waals surface area contributed by atoms with Crippen LogP contribution in [0.15, 0.2) is 0 Å². The van der Waals surface area contributed by atoms with E-state index in [4.69, 9.17) is 0 Å². The van der Waals surface area contributed by atoms with E-state index >= 15 is 0 Å². The molecule has 1 spiro atoms. The van der Waals surface area contributed by atoms with E-state index in [0.717, 1.165) is 45.1 Å². The second-order valence-electron chi connectivity index (χ2n) is 7.74. The summed E-state index contributed by atoms with van der Waals surface area (Å²) in [6, 6.07) is 0.772. The third kappa shape index (κ3) is 2.72. The van der Waals surface area contributed by atoms with Crippen molar-refractivity contribution in [3.63, 3.8) is 0 Å². The fraction of sp³-hybridized carbons (Fsp3) is 0.941. The summed E-state index contributed by atoms with van der Waals surface area (Å²) in [6.45, 7) is 8.25. The molecule has 0 radical (unpaired) electrons. The summed E-state index contributed by atoms with van der Waals surface area (Å²) in [7, 11) is 0. The van der Waals surface area contributed by atoms with E-state index in [9.17, 15) is 9.90 Å². The fourth-order valence-electron chi connectivity index (χ4n) is 4.46. The van der Waals surface area contributed by atoms with Crippen molar-refractivity contribution in [1.82, 2.24) is 9.80 Å². The van der Waals surface area contributed by atoms with Crippen LogP contribution in [0, 0.1) is 17.3 Å². The van der Waals surface area contributed by atoms with Gasteiger partial charge in [-0.15, -0.1) is 0 Å². The molecule has 0 bridgehead atoms. The van der Waals surface area contributed by atoms with Crippen LogP contribution in [0.25, 0.3) is 0 Å². The van der Waals surface area contributed by atoms with Gasteiger partial charge in [-0.2, -0.15) is 0 Å². The van der Waals surface area contributed by atoms with Crippen molar-refractivity contribution in [2.45, 2.75) is 52.0 Å². The van der Waals surface area contributed by atoms with Gasteiger partial charge in [0, 0.05) is 50.7 Å². The number of aliphatic hydroxyl groups excluding tert-OH is 1. The Morgan fingerprint density at radius 2 is 1.95 bits per heavy atom. The van der Waals surface area contributed by atoms with Gasteiger partial charge >= 0.3 is 0 Å². The zero-order valence-electron chi connectivity index (χ0n) is 13.6. The molecule has 4 heteroatoms. The minimum Gasteiger partial charge on any atom is -0.396 e. The molecule has 120 valence electrons. The summed E-state index contributed by atoms with van der Waals surface area (Å²) in [4.78, 5) is 16.8. The maximum atomic E-state index is 12.1. The Balaban J connectivity index is 1.63. The van der Waals surface area contributed by atoms with E-state index in [2.05, 4.69) is 4.90 Å². The number of nitrogens with zero attached hydrogens (tertiary/aromatic N) is 2. The van der Waals surface area contributed by atoms with Crippen molar-refractivity contribution in [1.29, 1.82) is 0 Å². The summed E-state index contributed by atoms with van der Waals surface area (Å²) >= 11 is 0. The quantitative estimate of drug-likeness (QED) is 0.862. The average molecular weight is 294 g/mol. The van der Waals surface area contributed by atoms with E-state index < -0.39 is 0 Å². The van der Waals surface area contributed by atoms with E-state index in [0.29, 0.717) is 18.4 Å². The van der Waals surface area contributed by atoms with Crippen molar-refractivity contribution in [3.05, 3.63) is 0 Å². The molecule has 2 saturated heterocycles. The molecule has 1 unspecified atom stereocenters. The minimum atomic E-state index is 0.0998. The number of hydrogen-bond acceptors (Lipinski definition) is 3. The van der Waals surface area contributed by atoms with Crippen molar-refractivity contribution in [2.75, 3.05) is 32.8 Å². The summed E-state index contributed by atoms with van der Waals surface area (Å²) in [6.07, 6.45) is 6.19. The van der Waals surface area contributed by atoms with Gasteiger partial charge in [-0.3, -0.25) is 9.69 Å². The smallest absolute Gasteiger partial charge is 0.225 e. The van der Waals surface area contributed by atoms with Gasteiger partial charge in [0.1, 0.15) is 0 Å². The van der Waals surface area contributed by atoms with Crippen LogP contribution in [-0.2, 0) is 4.79 Å². The van der Waals surface area contributed by atoms with Crippen molar-refractivity contribution < 1.29 is 9.90 Å². The Kier molecular flexibility index (Phi) is 4.28. The lowest BCUT2D eigenvalue weighted by Crippen LogP contribution is -2.48. The van der Waals surface area contributed by atoms with Gasteiger partial charge in [0.25, 0.3) is 0 Å². The number of hydrogen-bond donors (Lipinski definition) is 1. The van der Waals surface area contributed by atoms with Gasteiger partial charge in [0.05, 0.1) is 0 Å². The molecule has 1 N–H and O–H groups in total. The Labute approximate surface area is 128 Å². The summed E-state index contributed by atoms with van der Waals surface area (Å²) in [5, 5.41) is 9.83. The molecule has 2 aliphatic heterocycles. The maximum absolute atomic E-state index is 12.1. The van der Waals surface area contributed by atoms with Crippen LogP contribution in [0.2, 0.25) is 0 Å². The molecule has 2 heterocycles. The molecular formula is C17H30N2O2. The molecular weight excluding hydrogens is 264 g/mol. The van der Waals surface area contributed by atoms with Gasteiger partial charge in [0.2, 0.25) is 5.91 Å². The number of carbonyl (C=O) groups is 1. The van der Waals surface area contributed by atoms with Crippen LogP contribution < -0.4 is 0 Å². The SMILES string of the molecule is CC(C)C(=O)N1CCC2(CC1)CN(C1CCC1)CC2CO. The molecule has 0 aromatic heterocycles. The number of amides is 1. The topological polar surface area (TPSA) is 43.8 Å². The Hall–Kier alpha value is -0.610. The third-order valence-corrected chi connectivity index (χ3v) is 6.22. The van der Waals surface area contributed by atoms with Crippen LogP contribution in [0.5, 0.6) is 0 Å². The van der Waals surface area contributed by atoms with Gasteiger partial charge in [-0.25, -0.2) is 0 Å². The highest BCUT2D eigenvalue weighted by molar-refractivity contribution is 5.78. The lowest BCUT2D eigenvalue weighted by molar-refractivity contribution is -0.137. The van der Waals surface area contributed by atoms with Crippen LogP contribution >= 0.6 is 0 Å². The lowest BCUT2D eigenvalue weighted by Gasteiger charge is -2.43. The molecule has 3 rings (SSSR count). The van der Waals surface area contributed by atoms with E-state index in [-0.39, 0.29) is 11.3 Å². The van der Waals surface area contributed by atoms with E-state index in [1.807, 2.05) is 18.7 Å². The van der Waals surface area contributed by atoms with Crippen LogP contribution in [0.4, 0.5) is 0 Å². The van der Waals surface area contributed by atoms with E-state index in [1.54, 1.807) is 0 Å². The highest BCUT2D eigenvalue weighted by Crippen LogP contribution is 2.46. The van der Waals surface area contributed by atoms with Crippen molar-refractivity contribution in [2.24, 2.45) is 17.3 Å². The number of aliphatic hydroxyl groups is 1. The molecule has 3 aliphatic rings. The van der Waals surface area contributed by atoms with Gasteiger partial charge in [-0.05, 0) is 31.1 Å². The van der Waals surface area contributed by atoms with Crippen LogP contribution in [0.1, 0.15) is 46.0 Å². The second-order valence-corrected chi connectivity index (χ2v) is 7.74. The molecule has 1 amide bonds. The average Bonchev–Trinajstić information content (AvgIpc) is 2.75. The largest absolute Gasteiger partial charge is 0.396 e. The predicted molar refractivity (Wildman–Crippen MR) is 82.9 cm³/mol. The van der Waals surface area contributed by atoms with Crippen LogP contribution in [-0.4, -0.2) is 59.6 Å². The highest BCUT2D eigenvalue weighted by atomic mass is 16.3. The summed E-state index contributed by atoms with van der Waals surface area (Å²) in [5.41, 5.74) is 0.262. The Morgan fingerprint density at radius 3 is 2.43 bits per heavy atom. The summed E-state index contributed by atoms with van der Waals surface area (Å²) in [5.74, 6) is 0.802. The molecule has 0 aromatic carbocycles. The fourth-order valence-corrected chi connectivity index (χ4v) is 4.46. The molecule has 0 aromatic rings. The lowest BCUT2D eigenvalue weighted by atomic mass is 9.71. The monoisotopic (exact) mass is 294 g/mol. The Morgan fingerprint density at radius 1 is 1.29 bits per heavy atom. The normalized spacial score (nSPS) is 30.1. The summed E-state index contributed by atoms with van der Waals surface area (Å²) < 4.78 is 0. The van der Waals surface area contributed by atoms with Gasteiger partial charge in [0.15, 0.2) is 0 Å². The minimum absolute atomic E-state index is 0.0998. The maximum Gasteiger partial charge on any atom is 0.225 e. The predicted octanol–water partition coefficient (Wildman–Crippen LogP) is 1.73. The number of likely N-dealkylation sites (tertiary alicyclic amines) is 2. The third-order valence-electron chi connectivity index (χ3n) is 6.22. The van der Waals surface area contributed by atoms with E-state index in [1.165, 1.54) is 19.3 Å². The van der Waals surface area contributed by atoms with Crippen molar-refractivity contribution >= 4 is 5.91 Å². The Bertz CT molecular complexity index is 384. The number of carbonyl (C=O) groups excluding carboxylic acids is 1.